The Morgan fingerprint density at radius 1 is 1.21 bits per heavy atom. The third kappa shape index (κ3) is 0.937. The first-order valence-corrected chi connectivity index (χ1v) is 5.50. The molecule has 0 heterocycles. The van der Waals surface area contributed by atoms with Gasteiger partial charge in [-0.1, -0.05) is 0 Å². The van der Waals surface area contributed by atoms with Crippen LogP contribution >= 0.6 is 0 Å². The molecule has 4 rings (SSSR count). The minimum absolute atomic E-state index is 0.235. The average molecular weight is 195 g/mol. The standard InChI is InChI=1S/C11H16O3/c12-9-7-1-6-2-8(9)5-11(3-6,4-7)10(13)14/h6-9,12H,1-5H2,(H,13,14)/p-1/t6?,7-,8+,9?,11?. The number of carboxylic acid groups (broad SMARTS) is 1. The lowest BCUT2D eigenvalue weighted by Gasteiger charge is -2.59. The fourth-order valence-corrected chi connectivity index (χ4v) is 4.25. The van der Waals surface area contributed by atoms with Gasteiger partial charge < -0.3 is 15.0 Å². The molecule has 0 saturated heterocycles. The van der Waals surface area contributed by atoms with E-state index in [-0.39, 0.29) is 17.9 Å². The molecule has 0 aromatic heterocycles. The lowest BCUT2D eigenvalue weighted by Crippen LogP contribution is -2.59. The van der Waals surface area contributed by atoms with Crippen LogP contribution in [0.1, 0.15) is 32.1 Å². The molecule has 4 fully saturated rings. The highest BCUT2D eigenvalue weighted by Crippen LogP contribution is 2.59. The van der Waals surface area contributed by atoms with E-state index in [0.29, 0.717) is 18.8 Å². The number of hydrogen-bond donors (Lipinski definition) is 1. The van der Waals surface area contributed by atoms with Crippen LogP contribution in [0.4, 0.5) is 0 Å². The Balaban J connectivity index is 1.96. The molecule has 14 heavy (non-hydrogen) atoms. The van der Waals surface area contributed by atoms with Gasteiger partial charge in [-0.3, -0.25) is 0 Å². The fraction of sp³-hybridized carbons (Fsp3) is 0.909. The van der Waals surface area contributed by atoms with Crippen molar-refractivity contribution in [2.24, 2.45) is 23.2 Å². The maximum atomic E-state index is 11.2. The molecule has 3 heteroatoms. The Kier molecular flexibility index (Phi) is 1.56. The Labute approximate surface area is 83.1 Å². The van der Waals surface area contributed by atoms with Gasteiger partial charge in [0.25, 0.3) is 0 Å². The molecular weight excluding hydrogens is 180 g/mol. The second-order valence-electron chi connectivity index (χ2n) is 5.53. The van der Waals surface area contributed by atoms with E-state index < -0.39 is 11.4 Å². The van der Waals surface area contributed by atoms with Crippen molar-refractivity contribution in [2.45, 2.75) is 38.2 Å². The average Bonchev–Trinajstić information content (AvgIpc) is 2.12. The minimum atomic E-state index is -0.871. The maximum Gasteiger partial charge on any atom is 0.0597 e. The summed E-state index contributed by atoms with van der Waals surface area (Å²) in [5.74, 6) is 0.135. The van der Waals surface area contributed by atoms with E-state index in [1.165, 1.54) is 0 Å². The summed E-state index contributed by atoms with van der Waals surface area (Å²) in [7, 11) is 0. The largest absolute Gasteiger partial charge is 0.550 e. The molecule has 0 amide bonds. The molecule has 3 unspecified atom stereocenters. The topological polar surface area (TPSA) is 60.4 Å². The second kappa shape index (κ2) is 2.51. The van der Waals surface area contributed by atoms with Crippen molar-refractivity contribution in [3.63, 3.8) is 0 Å². The summed E-state index contributed by atoms with van der Waals surface area (Å²) in [6.45, 7) is 0. The number of carbonyl (C=O) groups excluding carboxylic acids is 1. The summed E-state index contributed by atoms with van der Waals surface area (Å²) < 4.78 is 0. The van der Waals surface area contributed by atoms with Crippen LogP contribution in [0.3, 0.4) is 0 Å². The number of hydrogen-bond acceptors (Lipinski definition) is 3. The highest BCUT2D eigenvalue weighted by molar-refractivity contribution is 5.73. The Morgan fingerprint density at radius 3 is 2.29 bits per heavy atom. The SMILES string of the molecule is O=C([O-])C12CC3C[C@H](C1)C(O)[C@@H](C3)C2. The van der Waals surface area contributed by atoms with Gasteiger partial charge in [0.15, 0.2) is 0 Å². The monoisotopic (exact) mass is 195 g/mol. The highest BCUT2D eigenvalue weighted by Gasteiger charge is 2.55. The summed E-state index contributed by atoms with van der Waals surface area (Å²) in [6.07, 6.45) is 3.94. The first kappa shape index (κ1) is 8.72. The van der Waals surface area contributed by atoms with Crippen molar-refractivity contribution in [3.05, 3.63) is 0 Å². The van der Waals surface area contributed by atoms with Gasteiger partial charge in [-0.05, 0) is 49.9 Å². The van der Waals surface area contributed by atoms with E-state index in [1.54, 1.807) is 0 Å². The molecule has 3 nitrogen and oxygen atoms in total. The highest BCUT2D eigenvalue weighted by atomic mass is 16.4. The van der Waals surface area contributed by atoms with Crippen molar-refractivity contribution in [3.8, 4) is 0 Å². The normalized spacial score (nSPS) is 54.9. The van der Waals surface area contributed by atoms with Crippen LogP contribution in [0.5, 0.6) is 0 Å². The summed E-state index contributed by atoms with van der Waals surface area (Å²) >= 11 is 0. The molecule has 0 aliphatic heterocycles. The molecule has 78 valence electrons. The van der Waals surface area contributed by atoms with Gasteiger partial charge in [-0.25, -0.2) is 0 Å². The van der Waals surface area contributed by atoms with Crippen LogP contribution in [0, 0.1) is 23.2 Å². The van der Waals surface area contributed by atoms with E-state index in [0.717, 1.165) is 19.3 Å². The zero-order valence-electron chi connectivity index (χ0n) is 8.11. The molecule has 0 spiro atoms. The Hall–Kier alpha value is -0.570. The zero-order valence-corrected chi connectivity index (χ0v) is 8.11. The summed E-state index contributed by atoms with van der Waals surface area (Å²) in [5.41, 5.74) is -0.574. The predicted molar refractivity (Wildman–Crippen MR) is 47.0 cm³/mol. The van der Waals surface area contributed by atoms with E-state index in [1.807, 2.05) is 0 Å². The lowest BCUT2D eigenvalue weighted by atomic mass is 9.48. The minimum Gasteiger partial charge on any atom is -0.550 e. The Bertz CT molecular complexity index is 270. The fourth-order valence-electron chi connectivity index (χ4n) is 4.25. The molecule has 0 aromatic carbocycles. The van der Waals surface area contributed by atoms with Gasteiger partial charge in [0.1, 0.15) is 0 Å². The second-order valence-corrected chi connectivity index (χ2v) is 5.53. The van der Waals surface area contributed by atoms with Crippen molar-refractivity contribution >= 4 is 5.97 Å². The van der Waals surface area contributed by atoms with E-state index >= 15 is 0 Å². The first-order valence-electron chi connectivity index (χ1n) is 5.50. The molecule has 0 aromatic rings. The van der Waals surface area contributed by atoms with Crippen LogP contribution < -0.4 is 5.11 Å². The molecule has 0 radical (unpaired) electrons. The van der Waals surface area contributed by atoms with Crippen molar-refractivity contribution < 1.29 is 15.0 Å². The predicted octanol–water partition coefficient (Wildman–Crippen LogP) is -0.0765. The zero-order chi connectivity index (χ0) is 9.92. The van der Waals surface area contributed by atoms with Crippen LogP contribution in [0.15, 0.2) is 0 Å². The van der Waals surface area contributed by atoms with Gasteiger partial charge in [0, 0.05) is 11.4 Å². The van der Waals surface area contributed by atoms with Gasteiger partial charge in [0.2, 0.25) is 0 Å². The van der Waals surface area contributed by atoms with Gasteiger partial charge in [-0.2, -0.15) is 0 Å². The van der Waals surface area contributed by atoms with Crippen LogP contribution in [0.25, 0.3) is 0 Å². The van der Waals surface area contributed by atoms with E-state index in [9.17, 15) is 15.0 Å². The van der Waals surface area contributed by atoms with E-state index in [4.69, 9.17) is 0 Å². The number of aliphatic hydroxyl groups is 1. The van der Waals surface area contributed by atoms with Crippen molar-refractivity contribution in [2.75, 3.05) is 0 Å². The van der Waals surface area contributed by atoms with Crippen molar-refractivity contribution in [1.29, 1.82) is 0 Å². The molecule has 5 atom stereocenters. The van der Waals surface area contributed by atoms with Gasteiger partial charge >= 0.3 is 0 Å². The van der Waals surface area contributed by atoms with Crippen LogP contribution in [-0.2, 0) is 4.79 Å². The van der Waals surface area contributed by atoms with Gasteiger partial charge in [0.05, 0.1) is 6.10 Å². The number of aliphatic hydroxyl groups excluding tert-OH is 1. The van der Waals surface area contributed by atoms with E-state index in [2.05, 4.69) is 0 Å². The molecular formula is C11H15O3-. The number of aliphatic carboxylic acids is 1. The van der Waals surface area contributed by atoms with Crippen LogP contribution in [0.2, 0.25) is 0 Å². The smallest absolute Gasteiger partial charge is 0.0597 e. The Morgan fingerprint density at radius 2 is 1.79 bits per heavy atom. The summed E-state index contributed by atoms with van der Waals surface area (Å²) in [5, 5.41) is 21.1. The number of carboxylic acids is 1. The summed E-state index contributed by atoms with van der Waals surface area (Å²) in [4.78, 5) is 11.2. The van der Waals surface area contributed by atoms with Crippen LogP contribution in [-0.4, -0.2) is 17.2 Å². The first-order chi connectivity index (χ1) is 6.61. The van der Waals surface area contributed by atoms with Gasteiger partial charge in [-0.15, -0.1) is 0 Å². The molecule has 4 saturated carbocycles. The quantitative estimate of drug-likeness (QED) is 0.636. The maximum absolute atomic E-state index is 11.2. The summed E-state index contributed by atoms with van der Waals surface area (Å²) in [6, 6.07) is 0. The lowest BCUT2D eigenvalue weighted by molar-refractivity contribution is -0.329. The number of carbonyl (C=O) groups is 1. The molecule has 4 aliphatic carbocycles. The molecule has 4 aliphatic rings. The third-order valence-electron chi connectivity index (χ3n) is 4.66. The third-order valence-corrected chi connectivity index (χ3v) is 4.66. The molecule has 1 N–H and O–H groups in total. The molecule has 4 bridgehead atoms. The van der Waals surface area contributed by atoms with Crippen molar-refractivity contribution in [1.82, 2.24) is 0 Å². The number of rotatable bonds is 1.